The lowest BCUT2D eigenvalue weighted by atomic mass is 10.1. The van der Waals surface area contributed by atoms with Crippen molar-refractivity contribution in [2.24, 2.45) is 0 Å². The summed E-state index contributed by atoms with van der Waals surface area (Å²) in [5, 5.41) is 0. The Labute approximate surface area is 148 Å². The largest absolute Gasteiger partial charge is 0.496 e. The van der Waals surface area contributed by atoms with Crippen LogP contribution < -0.4 is 15.6 Å². The van der Waals surface area contributed by atoms with Crippen molar-refractivity contribution in [3.8, 4) is 5.75 Å². The van der Waals surface area contributed by atoms with Crippen molar-refractivity contribution in [3.05, 3.63) is 69.7 Å². The summed E-state index contributed by atoms with van der Waals surface area (Å²) >= 11 is 3.31. The molecule has 0 saturated heterocycles. The molecule has 124 valence electrons. The second-order valence-corrected chi connectivity index (χ2v) is 5.89. The van der Waals surface area contributed by atoms with Gasteiger partial charge >= 0.3 is 0 Å². The van der Waals surface area contributed by atoms with Crippen molar-refractivity contribution >= 4 is 33.8 Å². The standard InChI is InChI=1S/C18H17BrN2O3/c1-12-3-5-13(6-4-12)7-10-17(22)20-21-18(23)14-8-9-16(24-2)15(19)11-14/h3-11H,1-2H3,(H,20,22)(H,21,23)/b10-7+. The number of benzene rings is 2. The van der Waals surface area contributed by atoms with Crippen LogP contribution in [0.15, 0.2) is 53.0 Å². The molecule has 2 aromatic carbocycles. The first-order chi connectivity index (χ1) is 11.5. The number of methoxy groups -OCH3 is 1. The number of rotatable bonds is 4. The van der Waals surface area contributed by atoms with Crippen LogP contribution in [0, 0.1) is 6.92 Å². The number of nitrogens with one attached hydrogen (secondary N) is 2. The molecule has 0 aliphatic heterocycles. The number of amides is 2. The van der Waals surface area contributed by atoms with Crippen molar-refractivity contribution in [2.45, 2.75) is 6.92 Å². The fourth-order valence-corrected chi connectivity index (χ4v) is 2.43. The smallest absolute Gasteiger partial charge is 0.269 e. The third-order valence-electron chi connectivity index (χ3n) is 3.22. The van der Waals surface area contributed by atoms with Gasteiger partial charge in [-0.05, 0) is 52.7 Å². The van der Waals surface area contributed by atoms with E-state index in [1.807, 2.05) is 31.2 Å². The third kappa shape index (κ3) is 4.96. The highest BCUT2D eigenvalue weighted by Crippen LogP contribution is 2.25. The summed E-state index contributed by atoms with van der Waals surface area (Å²) in [7, 11) is 1.54. The van der Waals surface area contributed by atoms with Crippen LogP contribution in [0.1, 0.15) is 21.5 Å². The van der Waals surface area contributed by atoms with E-state index in [1.165, 1.54) is 6.08 Å². The lowest BCUT2D eigenvalue weighted by Gasteiger charge is -2.07. The highest BCUT2D eigenvalue weighted by atomic mass is 79.9. The predicted molar refractivity (Wildman–Crippen MR) is 96.5 cm³/mol. The van der Waals surface area contributed by atoms with Crippen molar-refractivity contribution < 1.29 is 14.3 Å². The predicted octanol–water partition coefficient (Wildman–Crippen LogP) is 3.24. The van der Waals surface area contributed by atoms with Crippen LogP contribution in [0.3, 0.4) is 0 Å². The summed E-state index contributed by atoms with van der Waals surface area (Å²) in [5.41, 5.74) is 7.14. The summed E-state index contributed by atoms with van der Waals surface area (Å²) in [6.45, 7) is 1.99. The maximum absolute atomic E-state index is 12.0. The molecule has 2 aromatic rings. The summed E-state index contributed by atoms with van der Waals surface area (Å²) < 4.78 is 5.76. The minimum Gasteiger partial charge on any atom is -0.496 e. The second kappa shape index (κ2) is 8.31. The topological polar surface area (TPSA) is 67.4 Å². The van der Waals surface area contributed by atoms with Gasteiger partial charge in [0.1, 0.15) is 5.75 Å². The zero-order valence-corrected chi connectivity index (χ0v) is 14.9. The van der Waals surface area contributed by atoms with E-state index in [2.05, 4.69) is 26.8 Å². The molecule has 2 amide bonds. The van der Waals surface area contributed by atoms with Gasteiger partial charge < -0.3 is 4.74 Å². The molecule has 2 rings (SSSR count). The Hall–Kier alpha value is -2.60. The van der Waals surface area contributed by atoms with Gasteiger partial charge in [0.15, 0.2) is 0 Å². The molecule has 0 heterocycles. The molecule has 0 spiro atoms. The molecule has 0 aliphatic rings. The molecule has 24 heavy (non-hydrogen) atoms. The summed E-state index contributed by atoms with van der Waals surface area (Å²) in [5.74, 6) is -0.219. The average Bonchev–Trinajstić information content (AvgIpc) is 2.59. The van der Waals surface area contributed by atoms with Gasteiger partial charge in [0.2, 0.25) is 0 Å². The number of carbonyl (C=O) groups excluding carboxylic acids is 2. The highest BCUT2D eigenvalue weighted by Gasteiger charge is 2.09. The molecule has 0 aromatic heterocycles. The van der Waals surface area contributed by atoms with Crippen LogP contribution in [0.2, 0.25) is 0 Å². The Bertz CT molecular complexity index is 770. The molecule has 0 fully saturated rings. The van der Waals surface area contributed by atoms with Crippen LogP contribution in [-0.4, -0.2) is 18.9 Å². The Kier molecular flexibility index (Phi) is 6.14. The summed E-state index contributed by atoms with van der Waals surface area (Å²) in [6.07, 6.45) is 3.03. The van der Waals surface area contributed by atoms with E-state index < -0.39 is 11.8 Å². The third-order valence-corrected chi connectivity index (χ3v) is 3.84. The van der Waals surface area contributed by atoms with Crippen LogP contribution in [0.5, 0.6) is 5.75 Å². The van der Waals surface area contributed by atoms with E-state index in [0.717, 1.165) is 11.1 Å². The Balaban J connectivity index is 1.90. The van der Waals surface area contributed by atoms with Crippen molar-refractivity contribution in [2.75, 3.05) is 7.11 Å². The van der Waals surface area contributed by atoms with E-state index in [9.17, 15) is 9.59 Å². The molecule has 2 N–H and O–H groups in total. The molecule has 0 atom stereocenters. The first-order valence-corrected chi connectivity index (χ1v) is 7.97. The van der Waals surface area contributed by atoms with Gasteiger partial charge in [-0.1, -0.05) is 29.8 Å². The van der Waals surface area contributed by atoms with Gasteiger partial charge in [-0.3, -0.25) is 20.4 Å². The number of aryl methyl sites for hydroxylation is 1. The molecule has 0 aliphatic carbocycles. The van der Waals surface area contributed by atoms with E-state index in [1.54, 1.807) is 31.4 Å². The molecule has 0 unspecified atom stereocenters. The number of halogens is 1. The van der Waals surface area contributed by atoms with Gasteiger partial charge in [-0.25, -0.2) is 0 Å². The molecular weight excluding hydrogens is 372 g/mol. The number of ether oxygens (including phenoxy) is 1. The maximum atomic E-state index is 12.0. The first kappa shape index (κ1) is 17.7. The van der Waals surface area contributed by atoms with E-state index in [4.69, 9.17) is 4.74 Å². The second-order valence-electron chi connectivity index (χ2n) is 5.04. The van der Waals surface area contributed by atoms with Gasteiger partial charge in [0, 0.05) is 11.6 Å². The van der Waals surface area contributed by atoms with E-state index in [-0.39, 0.29) is 0 Å². The van der Waals surface area contributed by atoms with Crippen LogP contribution in [-0.2, 0) is 4.79 Å². The number of hydrazine groups is 1. The summed E-state index contributed by atoms with van der Waals surface area (Å²) in [4.78, 5) is 23.7. The van der Waals surface area contributed by atoms with Crippen molar-refractivity contribution in [1.82, 2.24) is 10.9 Å². The maximum Gasteiger partial charge on any atom is 0.269 e. The number of hydrogen-bond donors (Lipinski definition) is 2. The van der Waals surface area contributed by atoms with Crippen molar-refractivity contribution in [1.29, 1.82) is 0 Å². The lowest BCUT2D eigenvalue weighted by molar-refractivity contribution is -0.117. The van der Waals surface area contributed by atoms with Gasteiger partial charge in [-0.2, -0.15) is 0 Å². The van der Waals surface area contributed by atoms with Crippen LogP contribution >= 0.6 is 15.9 Å². The van der Waals surface area contributed by atoms with E-state index >= 15 is 0 Å². The minimum absolute atomic E-state index is 0.394. The monoisotopic (exact) mass is 388 g/mol. The number of hydrogen-bond acceptors (Lipinski definition) is 3. The SMILES string of the molecule is COc1ccc(C(=O)NNC(=O)/C=C/c2ccc(C)cc2)cc1Br. The summed E-state index contributed by atoms with van der Waals surface area (Å²) in [6, 6.07) is 12.6. The Morgan fingerprint density at radius 2 is 1.79 bits per heavy atom. The average molecular weight is 389 g/mol. The van der Waals surface area contributed by atoms with Crippen LogP contribution in [0.4, 0.5) is 0 Å². The zero-order valence-electron chi connectivity index (χ0n) is 13.3. The molecule has 5 nitrogen and oxygen atoms in total. The molecular formula is C18H17BrN2O3. The minimum atomic E-state index is -0.421. The highest BCUT2D eigenvalue weighted by molar-refractivity contribution is 9.10. The Morgan fingerprint density at radius 1 is 1.08 bits per heavy atom. The molecule has 0 bridgehead atoms. The van der Waals surface area contributed by atoms with Crippen LogP contribution in [0.25, 0.3) is 6.08 Å². The molecule has 0 radical (unpaired) electrons. The first-order valence-electron chi connectivity index (χ1n) is 7.18. The normalized spacial score (nSPS) is 10.5. The van der Waals surface area contributed by atoms with Gasteiger partial charge in [0.25, 0.3) is 11.8 Å². The zero-order chi connectivity index (χ0) is 17.5. The molecule has 0 saturated carbocycles. The fraction of sp³-hybridized carbons (Fsp3) is 0.111. The lowest BCUT2D eigenvalue weighted by Crippen LogP contribution is -2.40. The molecule has 6 heteroatoms. The van der Waals surface area contributed by atoms with Crippen molar-refractivity contribution in [3.63, 3.8) is 0 Å². The van der Waals surface area contributed by atoms with E-state index in [0.29, 0.717) is 15.8 Å². The number of carbonyl (C=O) groups is 2. The van der Waals surface area contributed by atoms with Gasteiger partial charge in [-0.15, -0.1) is 0 Å². The fourth-order valence-electron chi connectivity index (χ4n) is 1.89. The Morgan fingerprint density at radius 3 is 2.42 bits per heavy atom. The van der Waals surface area contributed by atoms with Gasteiger partial charge in [0.05, 0.1) is 11.6 Å². The quantitative estimate of drug-likeness (QED) is 0.623.